The van der Waals surface area contributed by atoms with Crippen LogP contribution in [-0.2, 0) is 11.0 Å². The minimum absolute atomic E-state index is 0.900. The van der Waals surface area contributed by atoms with Gasteiger partial charge in [-0.25, -0.2) is 4.98 Å². The van der Waals surface area contributed by atoms with Gasteiger partial charge in [0.2, 0.25) is 0 Å². The fraction of sp³-hybridized carbons (Fsp3) is 0.0833. The summed E-state index contributed by atoms with van der Waals surface area (Å²) in [6, 6.07) is 34.4. The molecule has 0 aliphatic heterocycles. The summed E-state index contributed by atoms with van der Waals surface area (Å²) in [5.41, 5.74) is 9.20. The van der Waals surface area contributed by atoms with E-state index in [0.717, 1.165) is 50.2 Å². The quantitative estimate of drug-likeness (QED) is 0.132. The minimum atomic E-state index is -2.29. The summed E-state index contributed by atoms with van der Waals surface area (Å²) in [4.78, 5) is 5.35. The lowest BCUT2D eigenvalue weighted by Gasteiger charge is -2.17. The van der Waals surface area contributed by atoms with Crippen molar-refractivity contribution < 1.29 is 4.57 Å². The molecule has 0 spiro atoms. The van der Waals surface area contributed by atoms with Gasteiger partial charge in [0.05, 0.1) is 11.0 Å². The van der Waals surface area contributed by atoms with Crippen LogP contribution in [0.3, 0.4) is 0 Å². The molecule has 5 aromatic carbocycles. The first-order valence-electron chi connectivity index (χ1n) is 13.3. The van der Waals surface area contributed by atoms with Gasteiger partial charge >= 0.3 is 0 Å². The van der Waals surface area contributed by atoms with Crippen LogP contribution in [0.4, 0.5) is 0 Å². The van der Waals surface area contributed by atoms with Crippen molar-refractivity contribution in [3.05, 3.63) is 126 Å². The maximum atomic E-state index is 12.6. The molecule has 6 aromatic rings. The van der Waals surface area contributed by atoms with Crippen molar-refractivity contribution in [2.24, 2.45) is 0 Å². The molecule has 0 amide bonds. The van der Waals surface area contributed by atoms with Crippen molar-refractivity contribution >= 4 is 51.1 Å². The lowest BCUT2D eigenvalue weighted by atomic mass is 9.90. The molecule has 7 rings (SSSR count). The van der Waals surface area contributed by atoms with Crippen LogP contribution in [0, 0.1) is 0 Å². The molecular weight excluding hydrogens is 493 g/mol. The van der Waals surface area contributed by atoms with E-state index in [0.29, 0.717) is 0 Å². The maximum absolute atomic E-state index is 12.6. The molecule has 0 fully saturated rings. The van der Waals surface area contributed by atoms with Gasteiger partial charge in [0, 0.05) is 32.6 Å². The Bertz CT molecular complexity index is 2030. The highest BCUT2D eigenvalue weighted by Crippen LogP contribution is 2.41. The maximum Gasteiger partial charge on any atom is 0.109 e. The monoisotopic (exact) mass is 521 g/mol. The molecule has 1 aromatic heterocycles. The van der Waals surface area contributed by atoms with Gasteiger partial charge in [-0.05, 0) is 53.5 Å². The molecule has 0 saturated heterocycles. The zero-order valence-corrected chi connectivity index (χ0v) is 23.0. The van der Waals surface area contributed by atoms with Crippen molar-refractivity contribution in [1.29, 1.82) is 0 Å². The molecule has 2 nitrogen and oxygen atoms in total. The first-order chi connectivity index (χ1) is 19.0. The first kappa shape index (κ1) is 23.8. The number of hydrogen-bond acceptors (Lipinski definition) is 2. The molecular formula is C36H28NOP. The second kappa shape index (κ2) is 9.19. The normalized spacial score (nSPS) is 13.2. The number of benzene rings is 5. The Hall–Kier alpha value is -4.26. The molecule has 39 heavy (non-hydrogen) atoms. The van der Waals surface area contributed by atoms with E-state index in [9.17, 15) is 4.57 Å². The van der Waals surface area contributed by atoms with Crippen molar-refractivity contribution in [3.63, 3.8) is 0 Å². The number of aromatic nitrogens is 1. The van der Waals surface area contributed by atoms with Gasteiger partial charge in [-0.2, -0.15) is 0 Å². The van der Waals surface area contributed by atoms with Crippen LogP contribution in [0.25, 0.3) is 60.9 Å². The van der Waals surface area contributed by atoms with Crippen LogP contribution in [0.5, 0.6) is 0 Å². The van der Waals surface area contributed by atoms with Gasteiger partial charge in [-0.15, -0.1) is 0 Å². The Morgan fingerprint density at radius 2 is 1.44 bits per heavy atom. The Labute approximate surface area is 228 Å². The second-order valence-electron chi connectivity index (χ2n) is 10.7. The fourth-order valence-corrected chi connectivity index (χ4v) is 6.64. The molecule has 1 aliphatic rings. The summed E-state index contributed by atoms with van der Waals surface area (Å²) in [5, 5.41) is 5.58. The van der Waals surface area contributed by atoms with Crippen LogP contribution in [0.1, 0.15) is 11.1 Å². The molecule has 3 heteroatoms. The smallest absolute Gasteiger partial charge is 0.109 e. The van der Waals surface area contributed by atoms with E-state index < -0.39 is 7.14 Å². The highest BCUT2D eigenvalue weighted by atomic mass is 31.2. The molecule has 1 heterocycles. The zero-order chi connectivity index (χ0) is 26.6. The average molecular weight is 522 g/mol. The number of pyridine rings is 1. The third-order valence-electron chi connectivity index (χ3n) is 7.79. The van der Waals surface area contributed by atoms with Crippen molar-refractivity contribution in [1.82, 2.24) is 4.98 Å². The van der Waals surface area contributed by atoms with Gasteiger partial charge in [0.1, 0.15) is 7.14 Å². The third kappa shape index (κ3) is 4.13. The Morgan fingerprint density at radius 1 is 0.667 bits per heavy atom. The van der Waals surface area contributed by atoms with E-state index in [1.165, 1.54) is 27.5 Å². The Morgan fingerprint density at radius 3 is 2.28 bits per heavy atom. The van der Waals surface area contributed by atoms with E-state index in [-0.39, 0.29) is 0 Å². The summed E-state index contributed by atoms with van der Waals surface area (Å²) < 4.78 is 12.6. The van der Waals surface area contributed by atoms with Crippen LogP contribution >= 0.6 is 7.14 Å². The number of allylic oxidation sites excluding steroid dienone is 3. The molecule has 188 valence electrons. The summed E-state index contributed by atoms with van der Waals surface area (Å²) in [6.45, 7) is 3.63. The molecule has 0 atom stereocenters. The summed E-state index contributed by atoms with van der Waals surface area (Å²) in [7, 11) is -2.29. The molecule has 0 radical (unpaired) electrons. The number of nitrogens with zero attached hydrogens (tertiary/aromatic N) is 1. The van der Waals surface area contributed by atoms with Crippen LogP contribution in [0.2, 0.25) is 0 Å². The predicted octanol–water partition coefficient (Wildman–Crippen LogP) is 9.25. The summed E-state index contributed by atoms with van der Waals surface area (Å²) >= 11 is 0. The summed E-state index contributed by atoms with van der Waals surface area (Å²) in [6.07, 6.45) is 9.55. The molecule has 1 aliphatic carbocycles. The average Bonchev–Trinajstić information content (AvgIpc) is 3.22. The van der Waals surface area contributed by atoms with Gasteiger partial charge in [0.15, 0.2) is 0 Å². The first-order valence-corrected chi connectivity index (χ1v) is 15.9. The number of fused-ring (bicyclic) bond motifs is 6. The van der Waals surface area contributed by atoms with Crippen molar-refractivity contribution in [2.45, 2.75) is 6.42 Å². The van der Waals surface area contributed by atoms with Crippen molar-refractivity contribution in [3.8, 4) is 22.3 Å². The standard InChI is InChI=1S/C36H28NOP/c1-39(2,38)29-19-15-24(16-20-29)27-11-8-12-28(23-27)34-32-21-17-25-9-4-3-5-13-30(25)35(32)37-36-31-14-7-6-10-26(31)18-22-33(34)36/h3-8,10-23H,9H2,1-2H3. The van der Waals surface area contributed by atoms with Crippen LogP contribution in [-0.4, -0.2) is 18.3 Å². The number of hydrogen-bond donors (Lipinski definition) is 0. The fourth-order valence-electron chi connectivity index (χ4n) is 5.77. The van der Waals surface area contributed by atoms with E-state index in [1.54, 1.807) is 0 Å². The van der Waals surface area contributed by atoms with E-state index in [4.69, 9.17) is 4.98 Å². The van der Waals surface area contributed by atoms with Gasteiger partial charge < -0.3 is 4.57 Å². The minimum Gasteiger partial charge on any atom is -0.319 e. The molecule has 0 bridgehead atoms. The van der Waals surface area contributed by atoms with Crippen LogP contribution < -0.4 is 5.30 Å². The predicted molar refractivity (Wildman–Crippen MR) is 169 cm³/mol. The molecule has 0 saturated carbocycles. The highest BCUT2D eigenvalue weighted by Gasteiger charge is 2.18. The van der Waals surface area contributed by atoms with E-state index >= 15 is 0 Å². The van der Waals surface area contributed by atoms with Gasteiger partial charge in [-0.1, -0.05) is 115 Å². The number of rotatable bonds is 3. The summed E-state index contributed by atoms with van der Waals surface area (Å²) in [5.74, 6) is 0. The highest BCUT2D eigenvalue weighted by molar-refractivity contribution is 7.70. The van der Waals surface area contributed by atoms with Gasteiger partial charge in [0.25, 0.3) is 0 Å². The van der Waals surface area contributed by atoms with Crippen LogP contribution in [0.15, 0.2) is 115 Å². The largest absolute Gasteiger partial charge is 0.319 e. The zero-order valence-electron chi connectivity index (χ0n) is 22.1. The topological polar surface area (TPSA) is 30.0 Å². The van der Waals surface area contributed by atoms with E-state index in [1.807, 2.05) is 25.5 Å². The van der Waals surface area contributed by atoms with Gasteiger partial charge in [-0.3, -0.25) is 0 Å². The lowest BCUT2D eigenvalue weighted by Crippen LogP contribution is -2.01. The SMILES string of the molecule is CP(C)(=O)c1ccc(-c2cccc(-c3c4ccc5c(c4nc4c3ccc3ccccc34)C=CC=CC5)c2)cc1. The Balaban J connectivity index is 1.52. The van der Waals surface area contributed by atoms with E-state index in [2.05, 4.69) is 109 Å². The van der Waals surface area contributed by atoms with Crippen molar-refractivity contribution in [2.75, 3.05) is 13.3 Å². The second-order valence-corrected chi connectivity index (χ2v) is 13.9. The molecule has 0 N–H and O–H groups in total. The lowest BCUT2D eigenvalue weighted by molar-refractivity contribution is 0.588. The molecule has 0 unspecified atom stereocenters. The Kier molecular flexibility index (Phi) is 5.61. The third-order valence-corrected chi connectivity index (χ3v) is 9.33.